The van der Waals surface area contributed by atoms with Gasteiger partial charge in [-0.1, -0.05) is 65.1 Å². The number of nitrogens with zero attached hydrogens (tertiary/aromatic N) is 5. The molecule has 3 aromatic carbocycles. The third-order valence-corrected chi connectivity index (χ3v) is 7.23. The number of halogens is 3. The predicted octanol–water partition coefficient (Wildman–Crippen LogP) is 7.03. The average molecular weight is 649 g/mol. The first-order valence-corrected chi connectivity index (χ1v) is 14.3. The molecule has 5 rings (SSSR count). The smallest absolute Gasteiger partial charge is 0.292 e. The summed E-state index contributed by atoms with van der Waals surface area (Å²) in [6.07, 6.45) is 3.77. The maximum absolute atomic E-state index is 13.0. The zero-order valence-electron chi connectivity index (χ0n) is 23.2. The van der Waals surface area contributed by atoms with Gasteiger partial charge in [-0.3, -0.25) is 19.6 Å². The number of carbonyl (C=O) groups excluding carboxylic acids is 1. The number of hydrogen-bond donors (Lipinski definition) is 0. The van der Waals surface area contributed by atoms with Crippen LogP contribution >= 0.6 is 34.8 Å². The SMILES string of the molecule is CN(/N=C\c1ccccc1OCc1cccc(COc2ccccc2C=O)n1)c1cnn(-c2ccc(Cl)cc2Cl)c(=O)c1Cl. The molecule has 0 N–H and O–H groups in total. The quantitative estimate of drug-likeness (QED) is 0.0862. The summed E-state index contributed by atoms with van der Waals surface area (Å²) in [6, 6.07) is 24.6. The van der Waals surface area contributed by atoms with E-state index in [1.807, 2.05) is 42.5 Å². The molecule has 0 amide bonds. The largest absolute Gasteiger partial charge is 0.487 e. The third-order valence-electron chi connectivity index (χ3n) is 6.34. The van der Waals surface area contributed by atoms with Gasteiger partial charge in [0.25, 0.3) is 5.56 Å². The van der Waals surface area contributed by atoms with Crippen molar-refractivity contribution in [2.75, 3.05) is 12.1 Å². The van der Waals surface area contributed by atoms with Crippen LogP contribution in [0.4, 0.5) is 5.69 Å². The van der Waals surface area contributed by atoms with Gasteiger partial charge in [0.05, 0.1) is 40.1 Å². The topological polar surface area (TPSA) is 98.9 Å². The van der Waals surface area contributed by atoms with E-state index in [9.17, 15) is 9.59 Å². The van der Waals surface area contributed by atoms with E-state index in [2.05, 4.69) is 15.2 Å². The van der Waals surface area contributed by atoms with E-state index in [1.165, 1.54) is 17.3 Å². The van der Waals surface area contributed by atoms with E-state index in [0.29, 0.717) is 50.4 Å². The first-order valence-electron chi connectivity index (χ1n) is 13.2. The fourth-order valence-electron chi connectivity index (χ4n) is 4.11. The van der Waals surface area contributed by atoms with Gasteiger partial charge in [0, 0.05) is 17.6 Å². The predicted molar refractivity (Wildman–Crippen MR) is 172 cm³/mol. The molecule has 0 aliphatic heterocycles. The van der Waals surface area contributed by atoms with Crippen LogP contribution in [-0.4, -0.2) is 34.3 Å². The number of pyridine rings is 1. The van der Waals surface area contributed by atoms with E-state index < -0.39 is 5.56 Å². The molecule has 0 unspecified atom stereocenters. The highest BCUT2D eigenvalue weighted by Crippen LogP contribution is 2.26. The van der Waals surface area contributed by atoms with Gasteiger partial charge in [0.15, 0.2) is 6.29 Å². The first kappa shape index (κ1) is 30.7. The molecular weight excluding hydrogens is 625 g/mol. The number of aromatic nitrogens is 3. The summed E-state index contributed by atoms with van der Waals surface area (Å²) >= 11 is 18.6. The lowest BCUT2D eigenvalue weighted by Crippen LogP contribution is -2.24. The molecule has 0 spiro atoms. The van der Waals surface area contributed by atoms with Gasteiger partial charge in [-0.25, -0.2) is 0 Å². The molecule has 0 saturated carbocycles. The van der Waals surface area contributed by atoms with Crippen molar-refractivity contribution < 1.29 is 14.3 Å². The Hall–Kier alpha value is -4.70. The minimum absolute atomic E-state index is 0.0835. The number of rotatable bonds is 11. The second-order valence-corrected chi connectivity index (χ2v) is 10.5. The summed E-state index contributed by atoms with van der Waals surface area (Å²) in [5.74, 6) is 1.07. The Morgan fingerprint density at radius 2 is 1.50 bits per heavy atom. The van der Waals surface area contributed by atoms with E-state index in [-0.39, 0.29) is 23.3 Å². The summed E-state index contributed by atoms with van der Waals surface area (Å²) in [5, 5.41) is 10.7. The molecule has 0 fully saturated rings. The van der Waals surface area contributed by atoms with E-state index in [4.69, 9.17) is 44.3 Å². The van der Waals surface area contributed by atoms with Crippen LogP contribution in [0, 0.1) is 0 Å². The summed E-state index contributed by atoms with van der Waals surface area (Å²) in [5.41, 5.74) is 2.63. The van der Waals surface area contributed by atoms with Crippen LogP contribution in [0.5, 0.6) is 11.5 Å². The molecule has 222 valence electrons. The first-order chi connectivity index (χ1) is 21.3. The molecule has 44 heavy (non-hydrogen) atoms. The highest BCUT2D eigenvalue weighted by molar-refractivity contribution is 6.36. The Balaban J connectivity index is 1.26. The molecule has 0 atom stereocenters. The fraction of sp³-hybridized carbons (Fsp3) is 0.0938. The van der Waals surface area contributed by atoms with Gasteiger partial charge in [-0.15, -0.1) is 0 Å². The molecule has 0 saturated heterocycles. The van der Waals surface area contributed by atoms with Gasteiger partial charge in [0.2, 0.25) is 0 Å². The van der Waals surface area contributed by atoms with Crippen molar-refractivity contribution >= 4 is 53.0 Å². The van der Waals surface area contributed by atoms with E-state index >= 15 is 0 Å². The molecule has 0 aliphatic carbocycles. The molecule has 2 heterocycles. The number of hydrogen-bond acceptors (Lipinski definition) is 8. The molecule has 2 aromatic heterocycles. The van der Waals surface area contributed by atoms with E-state index in [0.717, 1.165) is 11.0 Å². The fourth-order valence-corrected chi connectivity index (χ4v) is 4.85. The molecule has 12 heteroatoms. The lowest BCUT2D eigenvalue weighted by Gasteiger charge is -2.16. The standard InChI is InChI=1S/C32H24Cl3N5O4/c1-39(28-17-37-40(32(42)31(28)35)27-14-13-23(33)15-26(27)34)36-16-21-7-2-4-11-29(21)43-19-24-9-6-10-25(38-24)20-44-30-12-5-3-8-22(30)18-41/h2-18H,19-20H2,1H3/b36-16-. The number of anilines is 1. The normalized spacial score (nSPS) is 11.0. The van der Waals surface area contributed by atoms with Crippen LogP contribution in [0.25, 0.3) is 5.69 Å². The van der Waals surface area contributed by atoms with Gasteiger partial charge in [-0.05, 0) is 54.6 Å². The molecular formula is C32H24Cl3N5O4. The minimum atomic E-state index is -0.563. The third kappa shape index (κ3) is 7.26. The van der Waals surface area contributed by atoms with Crippen molar-refractivity contribution in [1.82, 2.24) is 14.8 Å². The molecule has 9 nitrogen and oxygen atoms in total. The van der Waals surface area contributed by atoms with E-state index in [1.54, 1.807) is 49.7 Å². The maximum atomic E-state index is 13.0. The number of benzene rings is 3. The van der Waals surface area contributed by atoms with Crippen molar-refractivity contribution in [3.8, 4) is 17.2 Å². The molecule has 0 radical (unpaired) electrons. The Labute approximate surface area is 267 Å². The van der Waals surface area contributed by atoms with Crippen LogP contribution in [-0.2, 0) is 13.2 Å². The second-order valence-electron chi connectivity index (χ2n) is 9.32. The van der Waals surface area contributed by atoms with Crippen LogP contribution < -0.4 is 20.0 Å². The lowest BCUT2D eigenvalue weighted by atomic mass is 10.2. The molecule has 0 bridgehead atoms. The summed E-state index contributed by atoms with van der Waals surface area (Å²) in [6.45, 7) is 0.393. The molecule has 0 aliphatic rings. The Morgan fingerprint density at radius 1 is 0.864 bits per heavy atom. The van der Waals surface area contributed by atoms with Crippen molar-refractivity contribution in [3.05, 3.63) is 139 Å². The number of carbonyl (C=O) groups is 1. The van der Waals surface area contributed by atoms with Crippen molar-refractivity contribution in [2.45, 2.75) is 13.2 Å². The van der Waals surface area contributed by atoms with Gasteiger partial charge in [0.1, 0.15) is 35.4 Å². The lowest BCUT2D eigenvalue weighted by molar-refractivity contribution is 0.111. The number of hydrazone groups is 1. The zero-order chi connectivity index (χ0) is 31.1. The van der Waals surface area contributed by atoms with Gasteiger partial charge >= 0.3 is 0 Å². The van der Waals surface area contributed by atoms with Crippen LogP contribution in [0.15, 0.2) is 101 Å². The number of ether oxygens (including phenoxy) is 2. The van der Waals surface area contributed by atoms with Gasteiger partial charge in [-0.2, -0.15) is 14.9 Å². The second kappa shape index (κ2) is 14.2. The summed E-state index contributed by atoms with van der Waals surface area (Å²) in [7, 11) is 1.65. The summed E-state index contributed by atoms with van der Waals surface area (Å²) < 4.78 is 13.0. The monoisotopic (exact) mass is 647 g/mol. The molecule has 5 aromatic rings. The maximum Gasteiger partial charge on any atom is 0.292 e. The average Bonchev–Trinajstić information content (AvgIpc) is 3.04. The van der Waals surface area contributed by atoms with Crippen LogP contribution in [0.2, 0.25) is 15.1 Å². The minimum Gasteiger partial charge on any atom is -0.487 e. The number of para-hydroxylation sites is 2. The Bertz CT molecular complexity index is 1900. The zero-order valence-corrected chi connectivity index (χ0v) is 25.5. The Kier molecular flexibility index (Phi) is 9.91. The highest BCUT2D eigenvalue weighted by atomic mass is 35.5. The van der Waals surface area contributed by atoms with Crippen molar-refractivity contribution in [2.24, 2.45) is 5.10 Å². The van der Waals surface area contributed by atoms with Crippen molar-refractivity contribution in [1.29, 1.82) is 0 Å². The van der Waals surface area contributed by atoms with Gasteiger partial charge < -0.3 is 9.47 Å². The van der Waals surface area contributed by atoms with Crippen molar-refractivity contribution in [3.63, 3.8) is 0 Å². The highest BCUT2D eigenvalue weighted by Gasteiger charge is 2.16. The number of aldehydes is 1. The Morgan fingerprint density at radius 3 is 2.16 bits per heavy atom. The van der Waals surface area contributed by atoms with Crippen LogP contribution in [0.1, 0.15) is 27.3 Å². The van der Waals surface area contributed by atoms with Crippen LogP contribution in [0.3, 0.4) is 0 Å². The summed E-state index contributed by atoms with van der Waals surface area (Å²) in [4.78, 5) is 28.9.